The molecule has 3 nitrogen and oxygen atoms in total. The molecular weight excluding hydrogens is 204 g/mol. The number of fused-ring (bicyclic) bond motifs is 1. The predicted octanol–water partition coefficient (Wildman–Crippen LogP) is 1.66. The van der Waals surface area contributed by atoms with Crippen molar-refractivity contribution in [1.29, 1.82) is 0 Å². The third-order valence-corrected chi connectivity index (χ3v) is 2.54. The first-order chi connectivity index (χ1) is 7.53. The van der Waals surface area contributed by atoms with Gasteiger partial charge in [-0.2, -0.15) is 0 Å². The summed E-state index contributed by atoms with van der Waals surface area (Å²) in [6.07, 6.45) is 9.37. The van der Waals surface area contributed by atoms with E-state index in [-0.39, 0.29) is 12.6 Å². The number of hydrogen-bond acceptors (Lipinski definition) is 3. The highest BCUT2D eigenvalue weighted by Gasteiger charge is 2.27. The summed E-state index contributed by atoms with van der Waals surface area (Å²) in [5.74, 6) is -0.389. The zero-order valence-corrected chi connectivity index (χ0v) is 9.36. The third-order valence-electron chi connectivity index (χ3n) is 2.54. The van der Waals surface area contributed by atoms with Crippen molar-refractivity contribution in [3.63, 3.8) is 0 Å². The molecule has 0 fully saturated rings. The van der Waals surface area contributed by atoms with Crippen molar-refractivity contribution in [2.75, 3.05) is 6.61 Å². The Morgan fingerprint density at radius 2 is 2.12 bits per heavy atom. The molecule has 0 bridgehead atoms. The molecule has 0 amide bonds. The maximum absolute atomic E-state index is 11.9. The largest absolute Gasteiger partial charge is 0.454 e. The topological polar surface area (TPSA) is 46.5 Å². The van der Waals surface area contributed by atoms with Crippen LogP contribution in [0.1, 0.15) is 13.8 Å². The van der Waals surface area contributed by atoms with Crippen LogP contribution >= 0.6 is 0 Å². The lowest BCUT2D eigenvalue weighted by molar-refractivity contribution is -0.154. The number of carbonyl (C=O) groups excluding carboxylic acids is 1. The fraction of sp³-hybridized carbons (Fsp3) is 0.308. The van der Waals surface area contributed by atoms with E-state index < -0.39 is 5.60 Å². The molecule has 2 aliphatic carbocycles. The van der Waals surface area contributed by atoms with Gasteiger partial charge in [-0.1, -0.05) is 24.3 Å². The zero-order valence-electron chi connectivity index (χ0n) is 9.36. The molecule has 0 aliphatic heterocycles. The van der Waals surface area contributed by atoms with Gasteiger partial charge in [-0.25, -0.2) is 4.79 Å². The van der Waals surface area contributed by atoms with Crippen LogP contribution in [0.3, 0.4) is 0 Å². The summed E-state index contributed by atoms with van der Waals surface area (Å²) >= 11 is 0. The van der Waals surface area contributed by atoms with E-state index in [0.29, 0.717) is 5.57 Å². The maximum atomic E-state index is 11.9. The molecule has 0 atom stereocenters. The van der Waals surface area contributed by atoms with Crippen LogP contribution in [-0.2, 0) is 9.53 Å². The van der Waals surface area contributed by atoms with E-state index in [1.807, 2.05) is 24.3 Å². The molecule has 0 aromatic rings. The number of ether oxygens (including phenoxy) is 1. The van der Waals surface area contributed by atoms with Gasteiger partial charge in [-0.15, -0.1) is 0 Å². The lowest BCUT2D eigenvalue weighted by Crippen LogP contribution is -2.32. The van der Waals surface area contributed by atoms with Crippen LogP contribution in [-0.4, -0.2) is 23.3 Å². The van der Waals surface area contributed by atoms with Crippen molar-refractivity contribution < 1.29 is 14.6 Å². The summed E-state index contributed by atoms with van der Waals surface area (Å²) < 4.78 is 5.22. The quantitative estimate of drug-likeness (QED) is 0.733. The van der Waals surface area contributed by atoms with Crippen molar-refractivity contribution >= 4 is 5.97 Å². The smallest absolute Gasteiger partial charge is 0.339 e. The van der Waals surface area contributed by atoms with E-state index in [1.54, 1.807) is 19.9 Å². The lowest BCUT2D eigenvalue weighted by Gasteiger charge is -2.22. The van der Waals surface area contributed by atoms with Crippen LogP contribution in [0.2, 0.25) is 0 Å². The molecule has 0 saturated carbocycles. The van der Waals surface area contributed by atoms with E-state index in [4.69, 9.17) is 9.84 Å². The van der Waals surface area contributed by atoms with Crippen LogP contribution in [0.5, 0.6) is 0 Å². The Morgan fingerprint density at radius 1 is 1.38 bits per heavy atom. The van der Waals surface area contributed by atoms with Gasteiger partial charge < -0.3 is 9.84 Å². The molecule has 0 unspecified atom stereocenters. The number of hydrogen-bond donors (Lipinski definition) is 1. The molecule has 84 valence electrons. The van der Waals surface area contributed by atoms with Crippen LogP contribution in [0.15, 0.2) is 47.1 Å². The van der Waals surface area contributed by atoms with Gasteiger partial charge in [0, 0.05) is 0 Å². The van der Waals surface area contributed by atoms with E-state index in [9.17, 15) is 4.79 Å². The Bertz CT molecular complexity index is 448. The molecule has 1 N–H and O–H groups in total. The molecule has 2 aliphatic rings. The van der Waals surface area contributed by atoms with Crippen molar-refractivity contribution in [2.45, 2.75) is 19.4 Å². The molecular formula is C13H14O3. The average molecular weight is 218 g/mol. The van der Waals surface area contributed by atoms with Crippen LogP contribution in [0, 0.1) is 0 Å². The Kier molecular flexibility index (Phi) is 2.56. The Hall–Kier alpha value is -1.61. The first-order valence-corrected chi connectivity index (χ1v) is 5.19. The average Bonchev–Trinajstić information content (AvgIpc) is 2.77. The van der Waals surface area contributed by atoms with E-state index in [0.717, 1.165) is 11.1 Å². The Balaban J connectivity index is 2.19. The van der Waals surface area contributed by atoms with Gasteiger partial charge in [-0.05, 0) is 31.1 Å². The van der Waals surface area contributed by atoms with Gasteiger partial charge in [-0.3, -0.25) is 0 Å². The molecule has 2 rings (SSSR count). The molecule has 0 saturated heterocycles. The van der Waals surface area contributed by atoms with Gasteiger partial charge in [0.2, 0.25) is 0 Å². The first-order valence-electron chi connectivity index (χ1n) is 5.19. The molecule has 3 heteroatoms. The second-order valence-corrected chi connectivity index (χ2v) is 4.45. The summed E-state index contributed by atoms with van der Waals surface area (Å²) in [6, 6.07) is 0. The third kappa shape index (κ3) is 1.86. The Morgan fingerprint density at radius 3 is 2.81 bits per heavy atom. The normalized spacial score (nSPS) is 17.8. The monoisotopic (exact) mass is 218 g/mol. The lowest BCUT2D eigenvalue weighted by atomic mass is 10.1. The van der Waals surface area contributed by atoms with E-state index in [1.165, 1.54) is 0 Å². The summed E-state index contributed by atoms with van der Waals surface area (Å²) in [4.78, 5) is 11.9. The minimum atomic E-state index is -0.840. The Labute approximate surface area is 94.4 Å². The number of allylic oxidation sites excluding steroid dienone is 6. The van der Waals surface area contributed by atoms with Crippen molar-refractivity contribution in [2.24, 2.45) is 0 Å². The fourth-order valence-electron chi connectivity index (χ4n) is 1.60. The number of rotatable bonds is 3. The molecule has 0 heterocycles. The summed E-state index contributed by atoms with van der Waals surface area (Å²) in [7, 11) is 0. The molecule has 0 aromatic heterocycles. The number of aliphatic hydroxyl groups excluding tert-OH is 1. The van der Waals surface area contributed by atoms with Gasteiger partial charge >= 0.3 is 5.97 Å². The van der Waals surface area contributed by atoms with Gasteiger partial charge in [0.15, 0.2) is 0 Å². The predicted molar refractivity (Wildman–Crippen MR) is 60.6 cm³/mol. The first kappa shape index (κ1) is 10.9. The van der Waals surface area contributed by atoms with Crippen molar-refractivity contribution in [3.8, 4) is 0 Å². The fourth-order valence-corrected chi connectivity index (χ4v) is 1.60. The van der Waals surface area contributed by atoms with Gasteiger partial charge in [0.1, 0.15) is 5.60 Å². The molecule has 0 aromatic carbocycles. The second kappa shape index (κ2) is 3.76. The molecule has 0 radical (unpaired) electrons. The van der Waals surface area contributed by atoms with Crippen LogP contribution in [0.25, 0.3) is 0 Å². The number of esters is 1. The second-order valence-electron chi connectivity index (χ2n) is 4.45. The molecule has 16 heavy (non-hydrogen) atoms. The number of carbonyl (C=O) groups is 1. The van der Waals surface area contributed by atoms with Gasteiger partial charge in [0.05, 0.1) is 12.2 Å². The molecule has 0 spiro atoms. The van der Waals surface area contributed by atoms with Crippen molar-refractivity contribution in [1.82, 2.24) is 0 Å². The minimum absolute atomic E-state index is 0.191. The van der Waals surface area contributed by atoms with Crippen molar-refractivity contribution in [3.05, 3.63) is 47.1 Å². The van der Waals surface area contributed by atoms with Crippen LogP contribution in [0.4, 0.5) is 0 Å². The highest BCUT2D eigenvalue weighted by molar-refractivity contribution is 5.97. The summed E-state index contributed by atoms with van der Waals surface area (Å²) in [5.41, 5.74) is 1.65. The SMILES string of the molecule is CC(C)(CO)OC(=O)C1=C2C=CC=C2C=C1. The van der Waals surface area contributed by atoms with E-state index in [2.05, 4.69) is 0 Å². The highest BCUT2D eigenvalue weighted by atomic mass is 16.6. The standard InChI is InChI=1S/C13H14O3/c1-13(2,8-14)16-12(15)11-7-6-9-4-3-5-10(9)11/h3-7,14H,8H2,1-2H3. The summed E-state index contributed by atoms with van der Waals surface area (Å²) in [5, 5.41) is 9.04. The van der Waals surface area contributed by atoms with Crippen LogP contribution < -0.4 is 0 Å². The maximum Gasteiger partial charge on any atom is 0.339 e. The minimum Gasteiger partial charge on any atom is -0.454 e. The zero-order chi connectivity index (χ0) is 11.8. The summed E-state index contributed by atoms with van der Waals surface area (Å²) in [6.45, 7) is 3.16. The number of aliphatic hydroxyl groups is 1. The van der Waals surface area contributed by atoms with Gasteiger partial charge in [0.25, 0.3) is 0 Å². The highest BCUT2D eigenvalue weighted by Crippen LogP contribution is 2.31. The van der Waals surface area contributed by atoms with E-state index >= 15 is 0 Å².